The van der Waals surface area contributed by atoms with Gasteiger partial charge in [0.05, 0.1) is 39.9 Å². The first-order chi connectivity index (χ1) is 16.5. The topological polar surface area (TPSA) is 101 Å². The molecule has 0 radical (unpaired) electrons. The number of hydrogen-bond donors (Lipinski definition) is 1. The second-order valence-electron chi connectivity index (χ2n) is 8.29. The first-order valence-corrected chi connectivity index (χ1v) is 11.7. The maximum atomic E-state index is 13.8. The molecule has 0 saturated heterocycles. The second kappa shape index (κ2) is 7.81. The highest BCUT2D eigenvalue weighted by Crippen LogP contribution is 2.33. The number of ether oxygens (including phenoxy) is 1. The number of benzene rings is 1. The van der Waals surface area contributed by atoms with E-state index in [2.05, 4.69) is 15.1 Å². The van der Waals surface area contributed by atoms with Crippen LogP contribution in [0.2, 0.25) is 0 Å². The van der Waals surface area contributed by atoms with Gasteiger partial charge in [0.2, 0.25) is 0 Å². The maximum Gasteiger partial charge on any atom is 0.337 e. The number of aromatic nitrogens is 3. The number of aryl methyl sites for hydroxylation is 1. The van der Waals surface area contributed by atoms with Gasteiger partial charge in [0.1, 0.15) is 0 Å². The number of nitrogens with one attached hydrogen (secondary N) is 1. The van der Waals surface area contributed by atoms with Gasteiger partial charge >= 0.3 is 5.97 Å². The van der Waals surface area contributed by atoms with E-state index in [9.17, 15) is 9.59 Å². The number of esters is 1. The van der Waals surface area contributed by atoms with Crippen LogP contribution in [0.4, 0.5) is 0 Å². The minimum Gasteiger partial charge on any atom is -0.465 e. The summed E-state index contributed by atoms with van der Waals surface area (Å²) in [4.78, 5) is 36.7. The van der Waals surface area contributed by atoms with Crippen LogP contribution in [0.25, 0.3) is 32.6 Å². The van der Waals surface area contributed by atoms with Gasteiger partial charge in [-0.15, -0.1) is 11.3 Å². The van der Waals surface area contributed by atoms with Gasteiger partial charge in [0, 0.05) is 41.7 Å². The molecule has 0 atom stereocenters. The van der Waals surface area contributed by atoms with Crippen molar-refractivity contribution in [2.24, 2.45) is 0 Å². The van der Waals surface area contributed by atoms with Crippen LogP contribution in [0, 0.1) is 6.92 Å². The van der Waals surface area contributed by atoms with Crippen LogP contribution in [-0.2, 0) is 17.7 Å². The average molecular weight is 473 g/mol. The van der Waals surface area contributed by atoms with E-state index >= 15 is 0 Å². The van der Waals surface area contributed by atoms with Crippen molar-refractivity contribution < 1.29 is 18.8 Å². The van der Waals surface area contributed by atoms with E-state index in [-0.39, 0.29) is 11.9 Å². The fraction of sp³-hybridized carbons (Fsp3) is 0.200. The zero-order valence-electron chi connectivity index (χ0n) is 18.5. The summed E-state index contributed by atoms with van der Waals surface area (Å²) in [6, 6.07) is 11.2. The Bertz CT molecular complexity index is 1580. The van der Waals surface area contributed by atoms with Crippen LogP contribution >= 0.6 is 11.3 Å². The van der Waals surface area contributed by atoms with Gasteiger partial charge < -0.3 is 19.1 Å². The summed E-state index contributed by atoms with van der Waals surface area (Å²) in [7, 11) is 1.37. The lowest BCUT2D eigenvalue weighted by Gasteiger charge is -2.27. The number of rotatable bonds is 3. The third kappa shape index (κ3) is 3.19. The van der Waals surface area contributed by atoms with Crippen molar-refractivity contribution in [3.63, 3.8) is 0 Å². The molecule has 9 heteroatoms. The molecular weight excluding hydrogens is 452 g/mol. The molecule has 0 bridgehead atoms. The number of H-pyrrole nitrogens is 1. The molecule has 6 rings (SSSR count). The SMILES string of the molecule is COC(=O)c1ccc2[nH]c3c(c2c1)CN(C(=O)c1cc(-c2cccs2)nc2onc(C)c12)CC3. The van der Waals surface area contributed by atoms with Crippen LogP contribution in [0.5, 0.6) is 0 Å². The number of carbonyl (C=O) groups excluding carboxylic acids is 2. The van der Waals surface area contributed by atoms with Crippen molar-refractivity contribution >= 4 is 45.2 Å². The molecule has 34 heavy (non-hydrogen) atoms. The van der Waals surface area contributed by atoms with Gasteiger partial charge in [-0.05, 0) is 42.6 Å². The lowest BCUT2D eigenvalue weighted by molar-refractivity contribution is 0.0600. The molecule has 0 unspecified atom stereocenters. The normalized spacial score (nSPS) is 13.4. The molecule has 0 fully saturated rings. The van der Waals surface area contributed by atoms with Crippen LogP contribution in [0.1, 0.15) is 37.7 Å². The van der Waals surface area contributed by atoms with Crippen molar-refractivity contribution in [2.45, 2.75) is 19.9 Å². The standard InChI is InChI=1S/C25H20N4O4S/c1-13-22-16(11-20(21-4-3-9-34-21)27-23(22)33-28-13)24(30)29-8-7-19-17(12-29)15-10-14(25(31)32-2)5-6-18(15)26-19/h3-6,9-11,26H,7-8,12H2,1-2H3. The first-order valence-electron chi connectivity index (χ1n) is 10.9. The van der Waals surface area contributed by atoms with Gasteiger partial charge in [0.15, 0.2) is 0 Å². The van der Waals surface area contributed by atoms with Crippen LogP contribution in [-0.4, -0.2) is 45.6 Å². The Balaban J connectivity index is 1.41. The second-order valence-corrected chi connectivity index (χ2v) is 9.24. The van der Waals surface area contributed by atoms with Crippen LogP contribution in [0.3, 0.4) is 0 Å². The van der Waals surface area contributed by atoms with Crippen molar-refractivity contribution in [3.8, 4) is 10.6 Å². The number of hydrogen-bond acceptors (Lipinski definition) is 7. The number of pyridine rings is 1. The Morgan fingerprint density at radius 2 is 2.12 bits per heavy atom. The Hall–Kier alpha value is -3.98. The lowest BCUT2D eigenvalue weighted by atomic mass is 10.0. The molecule has 1 aliphatic rings. The quantitative estimate of drug-likeness (QED) is 0.381. The smallest absolute Gasteiger partial charge is 0.337 e. The number of nitrogens with zero attached hydrogens (tertiary/aromatic N) is 3. The Labute approximate surface area is 198 Å². The lowest BCUT2D eigenvalue weighted by Crippen LogP contribution is -2.36. The molecule has 1 N–H and O–H groups in total. The summed E-state index contributed by atoms with van der Waals surface area (Å²) in [5.41, 5.74) is 5.74. The minimum absolute atomic E-state index is 0.0966. The average Bonchev–Trinajstić information content (AvgIpc) is 3.61. The van der Waals surface area contributed by atoms with E-state index in [0.717, 1.165) is 27.0 Å². The molecule has 170 valence electrons. The molecule has 1 aromatic carbocycles. The fourth-order valence-electron chi connectivity index (χ4n) is 4.62. The number of thiophene rings is 1. The molecular formula is C25H20N4O4S. The van der Waals surface area contributed by atoms with Crippen molar-refractivity contribution in [1.29, 1.82) is 0 Å². The van der Waals surface area contributed by atoms with Gasteiger partial charge in [-0.3, -0.25) is 4.79 Å². The number of methoxy groups -OCH3 is 1. The Morgan fingerprint density at radius 1 is 1.24 bits per heavy atom. The van der Waals surface area contributed by atoms with Gasteiger partial charge in [0.25, 0.3) is 11.6 Å². The third-order valence-electron chi connectivity index (χ3n) is 6.30. The summed E-state index contributed by atoms with van der Waals surface area (Å²) < 4.78 is 10.3. The van der Waals surface area contributed by atoms with Crippen molar-refractivity contribution in [1.82, 2.24) is 20.0 Å². The molecule has 4 aromatic heterocycles. The number of amides is 1. The third-order valence-corrected chi connectivity index (χ3v) is 7.20. The predicted octanol–water partition coefficient (Wildman–Crippen LogP) is 4.73. The van der Waals surface area contributed by atoms with E-state index in [1.165, 1.54) is 7.11 Å². The molecule has 0 saturated carbocycles. The van der Waals surface area contributed by atoms with E-state index < -0.39 is 0 Å². The summed E-state index contributed by atoms with van der Waals surface area (Å²) in [5.74, 6) is -0.482. The molecule has 1 amide bonds. The number of carbonyl (C=O) groups is 2. The highest BCUT2D eigenvalue weighted by Gasteiger charge is 2.28. The maximum absolute atomic E-state index is 13.8. The van der Waals surface area contributed by atoms with E-state index in [4.69, 9.17) is 9.26 Å². The largest absolute Gasteiger partial charge is 0.465 e. The Kier molecular flexibility index (Phi) is 4.73. The van der Waals surface area contributed by atoms with E-state index in [1.54, 1.807) is 17.4 Å². The highest BCUT2D eigenvalue weighted by atomic mass is 32.1. The van der Waals surface area contributed by atoms with Crippen molar-refractivity contribution in [2.75, 3.05) is 13.7 Å². The summed E-state index contributed by atoms with van der Waals surface area (Å²) in [6.45, 7) is 2.82. The van der Waals surface area contributed by atoms with Crippen LogP contribution < -0.4 is 0 Å². The molecule has 1 aliphatic heterocycles. The van der Waals surface area contributed by atoms with Gasteiger partial charge in [-0.1, -0.05) is 11.2 Å². The highest BCUT2D eigenvalue weighted by molar-refractivity contribution is 7.13. The van der Waals surface area contributed by atoms with Gasteiger partial charge in [-0.2, -0.15) is 0 Å². The number of aromatic amines is 1. The summed E-state index contributed by atoms with van der Waals surface area (Å²) >= 11 is 1.55. The van der Waals surface area contributed by atoms with Crippen LogP contribution in [0.15, 0.2) is 46.3 Å². The zero-order valence-corrected chi connectivity index (χ0v) is 19.4. The molecule has 8 nitrogen and oxygen atoms in total. The number of fused-ring (bicyclic) bond motifs is 4. The molecule has 0 aliphatic carbocycles. The minimum atomic E-state index is -0.385. The monoisotopic (exact) mass is 472 g/mol. The molecule has 5 heterocycles. The van der Waals surface area contributed by atoms with E-state index in [1.807, 2.05) is 47.5 Å². The molecule has 0 spiro atoms. The zero-order chi connectivity index (χ0) is 23.4. The van der Waals surface area contributed by atoms with Crippen molar-refractivity contribution in [3.05, 3.63) is 69.9 Å². The predicted molar refractivity (Wildman–Crippen MR) is 128 cm³/mol. The summed E-state index contributed by atoms with van der Waals surface area (Å²) in [6.07, 6.45) is 0.692. The Morgan fingerprint density at radius 3 is 2.91 bits per heavy atom. The molecule has 5 aromatic rings. The van der Waals surface area contributed by atoms with Gasteiger partial charge in [-0.25, -0.2) is 9.78 Å². The first kappa shape index (κ1) is 20.6. The summed E-state index contributed by atoms with van der Waals surface area (Å²) in [5, 5.41) is 7.60. The van der Waals surface area contributed by atoms with E-state index in [0.29, 0.717) is 53.1 Å². The fourth-order valence-corrected chi connectivity index (χ4v) is 5.30.